The maximum absolute atomic E-state index is 5.47. The van der Waals surface area contributed by atoms with Crippen molar-refractivity contribution in [2.75, 3.05) is 18.5 Å². The lowest BCUT2D eigenvalue weighted by atomic mass is 9.94. The van der Waals surface area contributed by atoms with Crippen LogP contribution in [0.4, 0.5) is 5.69 Å². The highest BCUT2D eigenvalue weighted by Gasteiger charge is 2.21. The first-order valence-electron chi connectivity index (χ1n) is 6.91. The van der Waals surface area contributed by atoms with Crippen LogP contribution in [-0.2, 0) is 6.42 Å². The quantitative estimate of drug-likeness (QED) is 0.894. The van der Waals surface area contributed by atoms with Crippen molar-refractivity contribution in [3.63, 3.8) is 0 Å². The van der Waals surface area contributed by atoms with E-state index >= 15 is 0 Å². The summed E-state index contributed by atoms with van der Waals surface area (Å²) in [4.78, 5) is 0. The summed E-state index contributed by atoms with van der Waals surface area (Å²) < 4.78 is 5.47. The van der Waals surface area contributed by atoms with Gasteiger partial charge >= 0.3 is 0 Å². The van der Waals surface area contributed by atoms with Crippen molar-refractivity contribution in [3.05, 3.63) is 59.7 Å². The topological polar surface area (TPSA) is 21.3 Å². The van der Waals surface area contributed by atoms with E-state index in [2.05, 4.69) is 53.8 Å². The van der Waals surface area contributed by atoms with Crippen molar-refractivity contribution in [2.45, 2.75) is 19.3 Å². The van der Waals surface area contributed by atoms with Crippen LogP contribution in [-0.4, -0.2) is 13.2 Å². The van der Waals surface area contributed by atoms with Crippen LogP contribution in [0.15, 0.2) is 48.5 Å². The molecule has 0 spiro atoms. The van der Waals surface area contributed by atoms with Crippen LogP contribution >= 0.6 is 0 Å². The first-order valence-corrected chi connectivity index (χ1v) is 6.91. The van der Waals surface area contributed by atoms with Gasteiger partial charge in [0, 0.05) is 18.2 Å². The molecule has 0 saturated heterocycles. The number of nitrogens with one attached hydrogen (secondary N) is 1. The van der Waals surface area contributed by atoms with E-state index in [0.29, 0.717) is 5.92 Å². The Morgan fingerprint density at radius 2 is 1.89 bits per heavy atom. The van der Waals surface area contributed by atoms with Crippen LogP contribution in [0.1, 0.15) is 24.0 Å². The second-order valence-corrected chi connectivity index (χ2v) is 4.95. The van der Waals surface area contributed by atoms with Crippen LogP contribution in [0.25, 0.3) is 0 Å². The van der Waals surface area contributed by atoms with Gasteiger partial charge in [-0.1, -0.05) is 30.3 Å². The predicted molar refractivity (Wildman–Crippen MR) is 79.0 cm³/mol. The molecule has 0 aromatic heterocycles. The first kappa shape index (κ1) is 12.1. The summed E-state index contributed by atoms with van der Waals surface area (Å²) in [6, 6.07) is 17.1. The standard InChI is InChI=1S/C17H19NO/c1-2-19-15-9-7-13(8-10-15)11-14-12-18-17-6-4-3-5-16(14)17/h3-10,14,18H,2,11-12H2,1H3. The highest BCUT2D eigenvalue weighted by Crippen LogP contribution is 2.33. The third-order valence-corrected chi connectivity index (χ3v) is 3.66. The molecule has 1 N–H and O–H groups in total. The minimum atomic E-state index is 0.578. The van der Waals surface area contributed by atoms with Gasteiger partial charge in [-0.25, -0.2) is 0 Å². The number of benzene rings is 2. The zero-order valence-electron chi connectivity index (χ0n) is 11.2. The zero-order chi connectivity index (χ0) is 13.1. The molecule has 2 aromatic rings. The second-order valence-electron chi connectivity index (χ2n) is 4.95. The van der Waals surface area contributed by atoms with Gasteiger partial charge in [-0.15, -0.1) is 0 Å². The normalized spacial score (nSPS) is 16.8. The van der Waals surface area contributed by atoms with Crippen molar-refractivity contribution >= 4 is 5.69 Å². The van der Waals surface area contributed by atoms with Gasteiger partial charge in [0.25, 0.3) is 0 Å². The molecule has 0 aliphatic carbocycles. The number of hydrogen-bond acceptors (Lipinski definition) is 2. The Labute approximate surface area is 114 Å². The minimum absolute atomic E-state index is 0.578. The fourth-order valence-corrected chi connectivity index (χ4v) is 2.71. The molecule has 19 heavy (non-hydrogen) atoms. The lowest BCUT2D eigenvalue weighted by molar-refractivity contribution is 0.340. The van der Waals surface area contributed by atoms with Gasteiger partial charge in [0.2, 0.25) is 0 Å². The van der Waals surface area contributed by atoms with Crippen LogP contribution in [0.3, 0.4) is 0 Å². The lowest BCUT2D eigenvalue weighted by Gasteiger charge is -2.11. The van der Waals surface area contributed by atoms with Gasteiger partial charge in [-0.3, -0.25) is 0 Å². The van der Waals surface area contributed by atoms with Crippen molar-refractivity contribution < 1.29 is 4.74 Å². The van der Waals surface area contributed by atoms with Gasteiger partial charge in [0.1, 0.15) is 5.75 Å². The molecular formula is C17H19NO. The van der Waals surface area contributed by atoms with Gasteiger partial charge in [0.05, 0.1) is 6.61 Å². The zero-order valence-corrected chi connectivity index (χ0v) is 11.2. The summed E-state index contributed by atoms with van der Waals surface area (Å²) in [6.07, 6.45) is 1.08. The summed E-state index contributed by atoms with van der Waals surface area (Å²) in [5, 5.41) is 3.48. The summed E-state index contributed by atoms with van der Waals surface area (Å²) in [7, 11) is 0. The fraction of sp³-hybridized carbons (Fsp3) is 0.294. The van der Waals surface area contributed by atoms with E-state index in [1.54, 1.807) is 0 Å². The predicted octanol–water partition coefficient (Wildman–Crippen LogP) is 3.84. The Hall–Kier alpha value is -1.96. The van der Waals surface area contributed by atoms with Crippen LogP contribution in [0.5, 0.6) is 5.75 Å². The maximum atomic E-state index is 5.47. The minimum Gasteiger partial charge on any atom is -0.494 e. The van der Waals surface area contributed by atoms with E-state index < -0.39 is 0 Å². The van der Waals surface area contributed by atoms with Crippen LogP contribution in [0, 0.1) is 0 Å². The molecule has 1 aliphatic rings. The molecule has 2 nitrogen and oxygen atoms in total. The largest absolute Gasteiger partial charge is 0.494 e. The second kappa shape index (κ2) is 5.35. The lowest BCUT2D eigenvalue weighted by Crippen LogP contribution is -2.05. The monoisotopic (exact) mass is 253 g/mol. The van der Waals surface area contributed by atoms with Crippen molar-refractivity contribution in [1.29, 1.82) is 0 Å². The number of rotatable bonds is 4. The summed E-state index contributed by atoms with van der Waals surface area (Å²) in [6.45, 7) is 3.76. The molecule has 1 aliphatic heterocycles. The van der Waals surface area contributed by atoms with E-state index in [-0.39, 0.29) is 0 Å². The molecule has 0 saturated carbocycles. The molecule has 1 heterocycles. The van der Waals surface area contributed by atoms with Gasteiger partial charge in [0.15, 0.2) is 0 Å². The molecule has 0 radical (unpaired) electrons. The fourth-order valence-electron chi connectivity index (χ4n) is 2.71. The van der Waals surface area contributed by atoms with E-state index in [9.17, 15) is 0 Å². The first-order chi connectivity index (χ1) is 9.36. The van der Waals surface area contributed by atoms with E-state index in [4.69, 9.17) is 4.74 Å². The molecule has 0 bridgehead atoms. The Morgan fingerprint density at radius 1 is 1.11 bits per heavy atom. The summed E-state index contributed by atoms with van der Waals surface area (Å²) in [5.74, 6) is 1.53. The van der Waals surface area contributed by atoms with Crippen molar-refractivity contribution in [3.8, 4) is 5.75 Å². The van der Waals surface area contributed by atoms with Crippen molar-refractivity contribution in [1.82, 2.24) is 0 Å². The van der Waals surface area contributed by atoms with Crippen LogP contribution in [0.2, 0.25) is 0 Å². The van der Waals surface area contributed by atoms with Gasteiger partial charge in [-0.05, 0) is 42.7 Å². The third-order valence-electron chi connectivity index (χ3n) is 3.66. The highest BCUT2D eigenvalue weighted by molar-refractivity contribution is 5.57. The number of ether oxygens (including phenoxy) is 1. The molecule has 2 heteroatoms. The summed E-state index contributed by atoms with van der Waals surface area (Å²) in [5.41, 5.74) is 4.10. The maximum Gasteiger partial charge on any atom is 0.119 e. The number of fused-ring (bicyclic) bond motifs is 1. The summed E-state index contributed by atoms with van der Waals surface area (Å²) >= 11 is 0. The number of hydrogen-bond donors (Lipinski definition) is 1. The molecule has 98 valence electrons. The Kier molecular flexibility index (Phi) is 3.41. The number of anilines is 1. The Morgan fingerprint density at radius 3 is 2.68 bits per heavy atom. The van der Waals surface area contributed by atoms with Gasteiger partial charge < -0.3 is 10.1 Å². The Balaban J connectivity index is 1.72. The van der Waals surface area contributed by atoms with Crippen molar-refractivity contribution in [2.24, 2.45) is 0 Å². The highest BCUT2D eigenvalue weighted by atomic mass is 16.5. The average Bonchev–Trinajstić information content (AvgIpc) is 2.85. The Bertz CT molecular complexity index is 547. The van der Waals surface area contributed by atoms with E-state index in [1.165, 1.54) is 16.8 Å². The van der Waals surface area contributed by atoms with Gasteiger partial charge in [-0.2, -0.15) is 0 Å². The number of para-hydroxylation sites is 1. The molecule has 0 amide bonds. The SMILES string of the molecule is CCOc1ccc(CC2CNc3ccccc32)cc1. The molecule has 1 unspecified atom stereocenters. The molecule has 2 aromatic carbocycles. The average molecular weight is 253 g/mol. The van der Waals surface area contributed by atoms with E-state index in [1.807, 2.05) is 6.92 Å². The van der Waals surface area contributed by atoms with E-state index in [0.717, 1.165) is 25.3 Å². The molecule has 0 fully saturated rings. The third kappa shape index (κ3) is 2.58. The molecule has 3 rings (SSSR count). The molecular weight excluding hydrogens is 234 g/mol. The molecule has 1 atom stereocenters. The smallest absolute Gasteiger partial charge is 0.119 e. The van der Waals surface area contributed by atoms with Crippen LogP contribution < -0.4 is 10.1 Å².